The molecule has 2 rings (SSSR count). The first-order valence-electron chi connectivity index (χ1n) is 5.00. The van der Waals surface area contributed by atoms with Crippen LogP contribution in [0.2, 0.25) is 0 Å². The van der Waals surface area contributed by atoms with E-state index in [4.69, 9.17) is 0 Å². The van der Waals surface area contributed by atoms with Crippen LogP contribution in [0.15, 0.2) is 42.5 Å². The molecule has 0 aliphatic carbocycles. The van der Waals surface area contributed by atoms with Crippen molar-refractivity contribution in [2.45, 2.75) is 13.0 Å². The van der Waals surface area contributed by atoms with Crippen molar-refractivity contribution < 1.29 is 4.79 Å². The summed E-state index contributed by atoms with van der Waals surface area (Å²) in [6.07, 6.45) is 0.743. The monoisotopic (exact) mass is 199 g/mol. The Hall–Kier alpha value is -1.83. The van der Waals surface area contributed by atoms with Crippen LogP contribution in [0, 0.1) is 0 Å². The molecule has 0 bridgehead atoms. The summed E-state index contributed by atoms with van der Waals surface area (Å²) in [4.78, 5) is 10.4. The van der Waals surface area contributed by atoms with E-state index in [1.807, 2.05) is 31.2 Å². The Balaban J connectivity index is 2.55. The Morgan fingerprint density at radius 2 is 1.87 bits per heavy atom. The van der Waals surface area contributed by atoms with Crippen molar-refractivity contribution in [2.24, 2.45) is 0 Å². The molecule has 2 nitrogen and oxygen atoms in total. The van der Waals surface area contributed by atoms with Crippen LogP contribution in [0.1, 0.15) is 18.5 Å². The normalized spacial score (nSPS) is 12.3. The standard InChI is InChI=1S/C13H13NO/c1-10(14-9-15)12-8-4-6-11-5-2-3-7-13(11)12/h2-10H,1H3,(H,14,15). The predicted molar refractivity (Wildman–Crippen MR) is 61.6 cm³/mol. The van der Waals surface area contributed by atoms with Gasteiger partial charge in [-0.2, -0.15) is 0 Å². The van der Waals surface area contributed by atoms with Crippen LogP contribution in [-0.4, -0.2) is 6.41 Å². The Morgan fingerprint density at radius 1 is 1.13 bits per heavy atom. The Bertz CT molecular complexity index is 473. The lowest BCUT2D eigenvalue weighted by Gasteiger charge is -2.13. The second-order valence-electron chi connectivity index (χ2n) is 3.57. The highest BCUT2D eigenvalue weighted by Gasteiger charge is 2.06. The number of nitrogens with one attached hydrogen (secondary N) is 1. The molecule has 2 heteroatoms. The molecular weight excluding hydrogens is 186 g/mol. The van der Waals surface area contributed by atoms with Crippen molar-refractivity contribution in [3.05, 3.63) is 48.0 Å². The van der Waals surface area contributed by atoms with Gasteiger partial charge in [-0.3, -0.25) is 4.79 Å². The summed E-state index contributed by atoms with van der Waals surface area (Å²) < 4.78 is 0. The number of carbonyl (C=O) groups is 1. The van der Waals surface area contributed by atoms with Gasteiger partial charge in [0, 0.05) is 0 Å². The molecule has 1 atom stereocenters. The number of rotatable bonds is 3. The fraction of sp³-hybridized carbons (Fsp3) is 0.154. The summed E-state index contributed by atoms with van der Waals surface area (Å²) in [5, 5.41) is 5.17. The molecule has 1 N–H and O–H groups in total. The molecule has 0 fully saturated rings. The molecule has 0 saturated carbocycles. The summed E-state index contributed by atoms with van der Waals surface area (Å²) in [5.41, 5.74) is 1.15. The molecule has 1 amide bonds. The van der Waals surface area contributed by atoms with Gasteiger partial charge in [-0.1, -0.05) is 42.5 Å². The maximum atomic E-state index is 10.4. The topological polar surface area (TPSA) is 29.1 Å². The van der Waals surface area contributed by atoms with E-state index < -0.39 is 0 Å². The first-order valence-corrected chi connectivity index (χ1v) is 5.00. The van der Waals surface area contributed by atoms with Crippen molar-refractivity contribution in [1.82, 2.24) is 5.32 Å². The molecule has 0 aromatic heterocycles. The smallest absolute Gasteiger partial charge is 0.207 e. The molecular formula is C13H13NO. The quantitative estimate of drug-likeness (QED) is 0.756. The number of carbonyl (C=O) groups excluding carboxylic acids is 1. The summed E-state index contributed by atoms with van der Waals surface area (Å²) in [6, 6.07) is 14.4. The maximum absolute atomic E-state index is 10.4. The lowest BCUT2D eigenvalue weighted by Crippen LogP contribution is -2.16. The molecule has 15 heavy (non-hydrogen) atoms. The number of hydrogen-bond donors (Lipinski definition) is 1. The van der Waals surface area contributed by atoms with E-state index >= 15 is 0 Å². The largest absolute Gasteiger partial charge is 0.352 e. The van der Waals surface area contributed by atoms with Crippen LogP contribution >= 0.6 is 0 Å². The molecule has 2 aromatic carbocycles. The maximum Gasteiger partial charge on any atom is 0.207 e. The third-order valence-electron chi connectivity index (χ3n) is 2.61. The lowest BCUT2D eigenvalue weighted by atomic mass is 10.00. The van der Waals surface area contributed by atoms with E-state index in [1.54, 1.807) is 0 Å². The Labute approximate surface area is 88.9 Å². The van der Waals surface area contributed by atoms with Crippen molar-refractivity contribution in [3.8, 4) is 0 Å². The van der Waals surface area contributed by atoms with E-state index in [0.717, 1.165) is 12.0 Å². The second-order valence-corrected chi connectivity index (χ2v) is 3.57. The van der Waals surface area contributed by atoms with Crippen molar-refractivity contribution in [2.75, 3.05) is 0 Å². The molecule has 2 aromatic rings. The third kappa shape index (κ3) is 1.84. The molecule has 0 aliphatic rings. The first kappa shape index (κ1) is 9.71. The van der Waals surface area contributed by atoms with Gasteiger partial charge in [-0.05, 0) is 23.3 Å². The van der Waals surface area contributed by atoms with Gasteiger partial charge in [0.2, 0.25) is 6.41 Å². The zero-order valence-corrected chi connectivity index (χ0v) is 8.60. The van der Waals surface area contributed by atoms with Gasteiger partial charge in [0.1, 0.15) is 0 Å². The van der Waals surface area contributed by atoms with Crippen LogP contribution in [0.5, 0.6) is 0 Å². The average Bonchev–Trinajstić information content (AvgIpc) is 2.28. The highest BCUT2D eigenvalue weighted by atomic mass is 16.1. The van der Waals surface area contributed by atoms with Crippen molar-refractivity contribution >= 4 is 17.2 Å². The molecule has 1 unspecified atom stereocenters. The zero-order chi connectivity index (χ0) is 10.7. The van der Waals surface area contributed by atoms with E-state index in [9.17, 15) is 4.79 Å². The number of fused-ring (bicyclic) bond motifs is 1. The fourth-order valence-electron chi connectivity index (χ4n) is 1.82. The van der Waals surface area contributed by atoms with Crippen LogP contribution in [-0.2, 0) is 4.79 Å². The van der Waals surface area contributed by atoms with Crippen LogP contribution in [0.3, 0.4) is 0 Å². The highest BCUT2D eigenvalue weighted by molar-refractivity contribution is 5.86. The predicted octanol–water partition coefficient (Wildman–Crippen LogP) is 2.65. The van der Waals surface area contributed by atoms with Gasteiger partial charge in [0.25, 0.3) is 0 Å². The average molecular weight is 199 g/mol. The molecule has 0 aliphatic heterocycles. The first-order chi connectivity index (χ1) is 7.33. The van der Waals surface area contributed by atoms with Gasteiger partial charge in [-0.25, -0.2) is 0 Å². The van der Waals surface area contributed by atoms with Gasteiger partial charge in [-0.15, -0.1) is 0 Å². The zero-order valence-electron chi connectivity index (χ0n) is 8.60. The van der Waals surface area contributed by atoms with Crippen molar-refractivity contribution in [1.29, 1.82) is 0 Å². The summed E-state index contributed by atoms with van der Waals surface area (Å²) in [6.45, 7) is 1.98. The minimum absolute atomic E-state index is 0.0496. The van der Waals surface area contributed by atoms with E-state index in [2.05, 4.69) is 23.5 Å². The van der Waals surface area contributed by atoms with Gasteiger partial charge < -0.3 is 5.32 Å². The van der Waals surface area contributed by atoms with Crippen LogP contribution in [0.4, 0.5) is 0 Å². The Morgan fingerprint density at radius 3 is 2.67 bits per heavy atom. The molecule has 0 heterocycles. The van der Waals surface area contributed by atoms with Gasteiger partial charge >= 0.3 is 0 Å². The van der Waals surface area contributed by atoms with Gasteiger partial charge in [0.15, 0.2) is 0 Å². The number of amides is 1. The molecule has 0 saturated heterocycles. The minimum Gasteiger partial charge on any atom is -0.352 e. The third-order valence-corrected chi connectivity index (χ3v) is 2.61. The highest BCUT2D eigenvalue weighted by Crippen LogP contribution is 2.23. The fourth-order valence-corrected chi connectivity index (χ4v) is 1.82. The Kier molecular flexibility index (Phi) is 2.68. The SMILES string of the molecule is CC(NC=O)c1cccc2ccccc12. The summed E-state index contributed by atoms with van der Waals surface area (Å²) in [7, 11) is 0. The van der Waals surface area contributed by atoms with E-state index in [1.165, 1.54) is 10.8 Å². The van der Waals surface area contributed by atoms with Crippen molar-refractivity contribution in [3.63, 3.8) is 0 Å². The van der Waals surface area contributed by atoms with E-state index in [0.29, 0.717) is 0 Å². The van der Waals surface area contributed by atoms with E-state index in [-0.39, 0.29) is 6.04 Å². The summed E-state index contributed by atoms with van der Waals surface area (Å²) in [5.74, 6) is 0. The number of hydrogen-bond acceptors (Lipinski definition) is 1. The summed E-state index contributed by atoms with van der Waals surface area (Å²) >= 11 is 0. The number of benzene rings is 2. The lowest BCUT2D eigenvalue weighted by molar-refractivity contribution is -0.110. The molecule has 76 valence electrons. The second kappa shape index (κ2) is 4.13. The minimum atomic E-state index is 0.0496. The van der Waals surface area contributed by atoms with Crippen LogP contribution in [0.25, 0.3) is 10.8 Å². The molecule has 0 radical (unpaired) electrons. The molecule has 0 spiro atoms. The van der Waals surface area contributed by atoms with Gasteiger partial charge in [0.05, 0.1) is 6.04 Å². The van der Waals surface area contributed by atoms with Crippen LogP contribution < -0.4 is 5.32 Å².